The van der Waals surface area contributed by atoms with E-state index in [4.69, 9.17) is 21.5 Å². The molecule has 0 amide bonds. The van der Waals surface area contributed by atoms with Crippen LogP contribution in [-0.4, -0.2) is 12.0 Å². The van der Waals surface area contributed by atoms with Crippen LogP contribution in [0.4, 0.5) is 0 Å². The molecule has 2 N–H and O–H groups in total. The topological polar surface area (TPSA) is 52.3 Å². The van der Waals surface area contributed by atoms with Crippen LogP contribution in [0.25, 0.3) is 0 Å². The summed E-state index contributed by atoms with van der Waals surface area (Å²) in [5.74, 6) is -0.440. The summed E-state index contributed by atoms with van der Waals surface area (Å²) in [6.45, 7) is 1.57. The van der Waals surface area contributed by atoms with Gasteiger partial charge in [0, 0.05) is 9.92 Å². The van der Waals surface area contributed by atoms with Crippen LogP contribution in [0, 0.1) is 0 Å². The van der Waals surface area contributed by atoms with Gasteiger partial charge in [-0.3, -0.25) is 0 Å². The molecule has 0 radical (unpaired) electrons. The molecule has 5 heteroatoms. The smallest absolute Gasteiger partial charge is 0.334 e. The van der Waals surface area contributed by atoms with E-state index >= 15 is 0 Å². The molecule has 0 saturated heterocycles. The molecule has 1 atom stereocenters. The first kappa shape index (κ1) is 11.4. The molecule has 0 aliphatic heterocycles. The van der Waals surface area contributed by atoms with Crippen molar-refractivity contribution in [3.8, 4) is 0 Å². The third kappa shape index (κ3) is 3.57. The second-order valence-corrected chi connectivity index (χ2v) is 3.97. The van der Waals surface area contributed by atoms with Gasteiger partial charge < -0.3 is 9.92 Å². The Morgan fingerprint density at radius 3 is 2.57 bits per heavy atom. The minimum atomic E-state index is -0.602. The van der Waals surface area contributed by atoms with Crippen molar-refractivity contribution in [1.29, 1.82) is 0 Å². The average molecular weight is 232 g/mol. The largest absolute Gasteiger partial charge is 0.385 e. The SMILES string of the molecule is C[C@H](N)C(=O)OSc1ccc(Cl)cc1. The van der Waals surface area contributed by atoms with Gasteiger partial charge in [-0.1, -0.05) is 11.6 Å². The molecule has 0 bridgehead atoms. The van der Waals surface area contributed by atoms with Crippen molar-refractivity contribution >= 4 is 29.6 Å². The molecule has 76 valence electrons. The molecule has 0 unspecified atom stereocenters. The van der Waals surface area contributed by atoms with Gasteiger partial charge in [-0.15, -0.1) is 0 Å². The zero-order valence-corrected chi connectivity index (χ0v) is 9.14. The van der Waals surface area contributed by atoms with Crippen molar-refractivity contribution in [1.82, 2.24) is 0 Å². The van der Waals surface area contributed by atoms with Gasteiger partial charge in [-0.05, 0) is 31.2 Å². The second kappa shape index (κ2) is 5.24. The van der Waals surface area contributed by atoms with Gasteiger partial charge in [0.05, 0.1) is 12.0 Å². The molecule has 0 aliphatic rings. The monoisotopic (exact) mass is 231 g/mol. The summed E-state index contributed by atoms with van der Waals surface area (Å²) in [6, 6.07) is 6.38. The standard InChI is InChI=1S/C9H10ClNO2S/c1-6(11)9(12)13-14-8-4-2-7(10)3-5-8/h2-6H,11H2,1H3/t6-/m0/s1. The molecule has 0 heterocycles. The predicted molar refractivity (Wildman–Crippen MR) is 57.1 cm³/mol. The van der Waals surface area contributed by atoms with E-state index in [1.807, 2.05) is 0 Å². The van der Waals surface area contributed by atoms with Crippen molar-refractivity contribution < 1.29 is 8.98 Å². The second-order valence-electron chi connectivity index (χ2n) is 2.73. The van der Waals surface area contributed by atoms with E-state index in [0.29, 0.717) is 5.02 Å². The molecule has 0 fully saturated rings. The molecule has 0 saturated carbocycles. The Morgan fingerprint density at radius 1 is 1.50 bits per heavy atom. The maximum absolute atomic E-state index is 11.0. The van der Waals surface area contributed by atoms with Crippen molar-refractivity contribution in [2.75, 3.05) is 0 Å². The first-order chi connectivity index (χ1) is 6.59. The van der Waals surface area contributed by atoms with Gasteiger partial charge in [0.25, 0.3) is 0 Å². The highest BCUT2D eigenvalue weighted by Crippen LogP contribution is 2.21. The van der Waals surface area contributed by atoms with Crippen LogP contribution in [0.5, 0.6) is 0 Å². The maximum atomic E-state index is 11.0. The van der Waals surface area contributed by atoms with E-state index in [1.165, 1.54) is 0 Å². The molecule has 1 aromatic rings. The number of hydrogen-bond donors (Lipinski definition) is 1. The molecular weight excluding hydrogens is 222 g/mol. The fourth-order valence-electron chi connectivity index (χ4n) is 0.655. The van der Waals surface area contributed by atoms with Crippen LogP contribution in [0.1, 0.15) is 6.92 Å². The number of halogens is 1. The van der Waals surface area contributed by atoms with Crippen molar-refractivity contribution in [3.63, 3.8) is 0 Å². The minimum absolute atomic E-state index is 0.440. The number of rotatable bonds is 3. The zero-order chi connectivity index (χ0) is 10.6. The Hall–Kier alpha value is -0.710. The quantitative estimate of drug-likeness (QED) is 0.811. The number of benzene rings is 1. The van der Waals surface area contributed by atoms with Gasteiger partial charge in [0.2, 0.25) is 0 Å². The lowest BCUT2D eigenvalue weighted by molar-refractivity contribution is -0.134. The summed E-state index contributed by atoms with van der Waals surface area (Å²) in [4.78, 5) is 11.8. The van der Waals surface area contributed by atoms with Crippen LogP contribution < -0.4 is 5.73 Å². The first-order valence-electron chi connectivity index (χ1n) is 3.99. The number of carbonyl (C=O) groups excluding carboxylic acids is 1. The van der Waals surface area contributed by atoms with Crippen LogP contribution in [-0.2, 0) is 8.98 Å². The summed E-state index contributed by atoms with van der Waals surface area (Å²) < 4.78 is 4.84. The fraction of sp³-hybridized carbons (Fsp3) is 0.222. The molecule has 1 aromatic carbocycles. The minimum Gasteiger partial charge on any atom is -0.385 e. The Kier molecular flexibility index (Phi) is 4.25. The maximum Gasteiger partial charge on any atom is 0.334 e. The lowest BCUT2D eigenvalue weighted by atomic mass is 10.4. The van der Waals surface area contributed by atoms with Gasteiger partial charge in [-0.2, -0.15) is 0 Å². The average Bonchev–Trinajstić information content (AvgIpc) is 2.16. The van der Waals surface area contributed by atoms with Crippen LogP contribution in [0.2, 0.25) is 5.02 Å². The molecule has 1 rings (SSSR count). The third-order valence-corrected chi connectivity index (χ3v) is 2.37. The predicted octanol–water partition coefficient (Wildman–Crippen LogP) is 2.24. The number of hydrogen-bond acceptors (Lipinski definition) is 4. The lowest BCUT2D eigenvalue weighted by Gasteiger charge is -2.04. The zero-order valence-electron chi connectivity index (χ0n) is 7.57. The first-order valence-corrected chi connectivity index (χ1v) is 5.11. The normalized spacial score (nSPS) is 12.2. The van der Waals surface area contributed by atoms with Crippen molar-refractivity contribution in [2.24, 2.45) is 5.73 Å². The Labute approximate surface area is 91.8 Å². The van der Waals surface area contributed by atoms with E-state index < -0.39 is 12.0 Å². The van der Waals surface area contributed by atoms with E-state index in [1.54, 1.807) is 31.2 Å². The lowest BCUT2D eigenvalue weighted by Crippen LogP contribution is -2.26. The van der Waals surface area contributed by atoms with E-state index in [2.05, 4.69) is 0 Å². The van der Waals surface area contributed by atoms with E-state index in [0.717, 1.165) is 16.9 Å². The molecule has 0 aromatic heterocycles. The molecular formula is C9H10ClNO2S. The summed E-state index contributed by atoms with van der Waals surface area (Å²) in [5.41, 5.74) is 5.32. The van der Waals surface area contributed by atoms with E-state index in [-0.39, 0.29) is 0 Å². The van der Waals surface area contributed by atoms with Crippen molar-refractivity contribution in [3.05, 3.63) is 29.3 Å². The van der Waals surface area contributed by atoms with Crippen molar-refractivity contribution in [2.45, 2.75) is 17.9 Å². The van der Waals surface area contributed by atoms with Crippen LogP contribution >= 0.6 is 23.6 Å². The third-order valence-electron chi connectivity index (χ3n) is 1.41. The van der Waals surface area contributed by atoms with E-state index in [9.17, 15) is 4.79 Å². The molecule has 3 nitrogen and oxygen atoms in total. The summed E-state index contributed by atoms with van der Waals surface area (Å²) in [7, 11) is 0. The van der Waals surface area contributed by atoms with Gasteiger partial charge in [-0.25, -0.2) is 4.79 Å². The Morgan fingerprint density at radius 2 is 2.07 bits per heavy atom. The molecule has 0 aliphatic carbocycles. The Balaban J connectivity index is 2.46. The highest BCUT2D eigenvalue weighted by Gasteiger charge is 2.09. The summed E-state index contributed by atoms with van der Waals surface area (Å²) in [5, 5.41) is 0.646. The van der Waals surface area contributed by atoms with Gasteiger partial charge >= 0.3 is 5.97 Å². The Bertz CT molecular complexity index is 313. The van der Waals surface area contributed by atoms with Gasteiger partial charge in [0.1, 0.15) is 6.04 Å². The highest BCUT2D eigenvalue weighted by atomic mass is 35.5. The summed E-state index contributed by atoms with van der Waals surface area (Å²) in [6.07, 6.45) is 0. The number of carbonyl (C=O) groups is 1. The van der Waals surface area contributed by atoms with Crippen LogP contribution in [0.15, 0.2) is 29.2 Å². The van der Waals surface area contributed by atoms with Crippen LogP contribution in [0.3, 0.4) is 0 Å². The summed E-state index contributed by atoms with van der Waals surface area (Å²) >= 11 is 6.67. The van der Waals surface area contributed by atoms with Gasteiger partial charge in [0.15, 0.2) is 0 Å². The number of nitrogens with two attached hydrogens (primary N) is 1. The molecule has 0 spiro atoms. The molecule has 14 heavy (non-hydrogen) atoms. The fourth-order valence-corrected chi connectivity index (χ4v) is 1.36. The highest BCUT2D eigenvalue weighted by molar-refractivity contribution is 7.95.